The van der Waals surface area contributed by atoms with Gasteiger partial charge in [-0.25, -0.2) is 0 Å². The number of hydrogen-bond donors (Lipinski definition) is 1. The molecule has 0 bridgehead atoms. The molecule has 2 aromatic carbocycles. The van der Waals surface area contributed by atoms with Gasteiger partial charge in [0.15, 0.2) is 5.78 Å². The number of ketones is 1. The highest BCUT2D eigenvalue weighted by Crippen LogP contribution is 2.29. The third kappa shape index (κ3) is 25.3. The Hall–Kier alpha value is -3.94. The second-order valence-electron chi connectivity index (χ2n) is 16.2. The summed E-state index contributed by atoms with van der Waals surface area (Å²) in [7, 11) is 0. The fraction of sp³-hybridized carbons (Fsp3) is 0.647. The first-order chi connectivity index (χ1) is 28.8. The largest absolute Gasteiger partial charge is 0.507 e. The lowest BCUT2D eigenvalue weighted by atomic mass is 10.1. The van der Waals surface area contributed by atoms with E-state index in [4.69, 9.17) is 14.2 Å². The fourth-order valence-corrected chi connectivity index (χ4v) is 7.12. The molecule has 8 heteroatoms. The van der Waals surface area contributed by atoms with E-state index in [9.17, 15) is 24.3 Å². The molecule has 0 radical (unpaired) electrons. The molecule has 0 aromatic heterocycles. The number of carbonyl (C=O) groups excluding carboxylic acids is 4. The van der Waals surface area contributed by atoms with Crippen molar-refractivity contribution in [2.45, 2.75) is 213 Å². The average Bonchev–Trinajstić information content (AvgIpc) is 3.21. The lowest BCUT2D eigenvalue weighted by Crippen LogP contribution is -2.12. The fourth-order valence-electron chi connectivity index (χ4n) is 7.12. The molecule has 0 amide bonds. The van der Waals surface area contributed by atoms with E-state index < -0.39 is 11.8 Å². The molecule has 0 atom stereocenters. The van der Waals surface area contributed by atoms with E-state index in [2.05, 4.69) is 20.8 Å². The monoisotopic (exact) mass is 819 g/mol. The normalized spacial score (nSPS) is 11.2. The Morgan fingerprint density at radius 1 is 0.458 bits per heavy atom. The van der Waals surface area contributed by atoms with Crippen molar-refractivity contribution >= 4 is 29.8 Å². The highest BCUT2D eigenvalue weighted by molar-refractivity contribution is 6.09. The summed E-state index contributed by atoms with van der Waals surface area (Å²) in [6, 6.07) is 8.96. The lowest BCUT2D eigenvalue weighted by Gasteiger charge is -2.11. The molecule has 0 spiro atoms. The summed E-state index contributed by atoms with van der Waals surface area (Å²) in [4.78, 5) is 51.6. The predicted octanol–water partition coefficient (Wildman–Crippen LogP) is 14.8. The minimum atomic E-state index is -0.459. The number of hydrogen-bond acceptors (Lipinski definition) is 8. The topological polar surface area (TPSA) is 116 Å². The number of aromatic hydroxyl groups is 1. The van der Waals surface area contributed by atoms with Crippen molar-refractivity contribution in [3.05, 3.63) is 53.6 Å². The van der Waals surface area contributed by atoms with Crippen LogP contribution >= 0.6 is 0 Å². The summed E-state index contributed by atoms with van der Waals surface area (Å²) in [6.07, 6.45) is 34.3. The van der Waals surface area contributed by atoms with Gasteiger partial charge in [0.05, 0.1) is 5.56 Å². The third-order valence-corrected chi connectivity index (χ3v) is 10.8. The molecule has 0 aliphatic carbocycles. The van der Waals surface area contributed by atoms with Crippen LogP contribution in [0.3, 0.4) is 0 Å². The zero-order valence-electron chi connectivity index (χ0n) is 37.1. The number of benzene rings is 2. The number of phenols is 1. The van der Waals surface area contributed by atoms with E-state index >= 15 is 0 Å². The van der Waals surface area contributed by atoms with Crippen LogP contribution in [0.2, 0.25) is 0 Å². The van der Waals surface area contributed by atoms with Gasteiger partial charge in [-0.2, -0.15) is 0 Å². The second kappa shape index (κ2) is 33.8. The number of phenolic OH excluding ortho intramolecular Hbond substituents is 1. The van der Waals surface area contributed by atoms with Crippen LogP contribution in [0.25, 0.3) is 6.08 Å². The van der Waals surface area contributed by atoms with Crippen molar-refractivity contribution in [3.63, 3.8) is 0 Å². The Balaban J connectivity index is 1.97. The zero-order valence-corrected chi connectivity index (χ0v) is 37.1. The summed E-state index contributed by atoms with van der Waals surface area (Å²) in [5.74, 6) is -1.31. The first-order valence-electron chi connectivity index (χ1n) is 23.6. The zero-order chi connectivity index (χ0) is 42.8. The van der Waals surface area contributed by atoms with E-state index in [-0.39, 0.29) is 53.3 Å². The van der Waals surface area contributed by atoms with Crippen molar-refractivity contribution in [1.29, 1.82) is 0 Å². The molecular weight excluding hydrogens is 741 g/mol. The molecule has 0 aliphatic heterocycles. The van der Waals surface area contributed by atoms with Crippen LogP contribution in [-0.4, -0.2) is 28.8 Å². The lowest BCUT2D eigenvalue weighted by molar-refractivity contribution is -0.135. The van der Waals surface area contributed by atoms with Gasteiger partial charge in [-0.15, -0.1) is 0 Å². The predicted molar refractivity (Wildman–Crippen MR) is 240 cm³/mol. The molecule has 330 valence electrons. The number of rotatable bonds is 36. The maximum Gasteiger partial charge on any atom is 0.311 e. The van der Waals surface area contributed by atoms with Crippen LogP contribution in [0.5, 0.6) is 23.0 Å². The number of carbonyl (C=O) groups is 4. The van der Waals surface area contributed by atoms with Crippen molar-refractivity contribution in [1.82, 2.24) is 0 Å². The molecule has 59 heavy (non-hydrogen) atoms. The molecule has 0 fully saturated rings. The van der Waals surface area contributed by atoms with Gasteiger partial charge in [-0.3, -0.25) is 19.2 Å². The van der Waals surface area contributed by atoms with Crippen LogP contribution < -0.4 is 14.2 Å². The van der Waals surface area contributed by atoms with Crippen molar-refractivity contribution < 1.29 is 38.5 Å². The minimum absolute atomic E-state index is 0.0207. The van der Waals surface area contributed by atoms with E-state index in [0.717, 1.165) is 57.8 Å². The number of allylic oxidation sites excluding steroid dienone is 1. The average molecular weight is 819 g/mol. The Bertz CT molecular complexity index is 1490. The van der Waals surface area contributed by atoms with E-state index in [1.54, 1.807) is 12.1 Å². The van der Waals surface area contributed by atoms with E-state index in [1.165, 1.54) is 146 Å². The van der Waals surface area contributed by atoms with Crippen LogP contribution in [0, 0.1) is 0 Å². The molecule has 0 unspecified atom stereocenters. The molecule has 8 nitrogen and oxygen atoms in total. The Morgan fingerprint density at radius 2 is 0.814 bits per heavy atom. The minimum Gasteiger partial charge on any atom is -0.507 e. The van der Waals surface area contributed by atoms with Crippen LogP contribution in [0.15, 0.2) is 42.5 Å². The smallest absolute Gasteiger partial charge is 0.311 e. The molecule has 0 saturated heterocycles. The molecule has 2 aromatic rings. The van der Waals surface area contributed by atoms with Crippen molar-refractivity contribution in [2.24, 2.45) is 0 Å². The Labute approximate surface area is 357 Å². The first kappa shape index (κ1) is 51.2. The van der Waals surface area contributed by atoms with Gasteiger partial charge < -0.3 is 19.3 Å². The quantitative estimate of drug-likeness (QED) is 0.0237. The summed E-state index contributed by atoms with van der Waals surface area (Å²) < 4.78 is 16.8. The van der Waals surface area contributed by atoms with E-state index in [1.807, 2.05) is 0 Å². The summed E-state index contributed by atoms with van der Waals surface area (Å²) in [6.45, 7) is 6.65. The third-order valence-electron chi connectivity index (χ3n) is 10.8. The van der Waals surface area contributed by atoms with Gasteiger partial charge in [0, 0.05) is 37.0 Å². The number of esters is 3. The molecule has 2 rings (SSSR count). The van der Waals surface area contributed by atoms with E-state index in [0.29, 0.717) is 18.4 Å². The molecule has 1 N–H and O–H groups in total. The molecular formula is C51H78O8. The van der Waals surface area contributed by atoms with Crippen LogP contribution in [-0.2, 0) is 14.4 Å². The van der Waals surface area contributed by atoms with Crippen LogP contribution in [0.1, 0.15) is 229 Å². The van der Waals surface area contributed by atoms with Gasteiger partial charge in [-0.05, 0) is 55.7 Å². The van der Waals surface area contributed by atoms with Gasteiger partial charge in [0.2, 0.25) is 0 Å². The standard InChI is InChI=1S/C51H78O8/c1-4-7-10-13-16-19-22-25-28-31-49(54)57-43-36-34-42(47(53)40-43)35-39-46(52)45-38-37-44(58-50(55)32-29-26-23-20-17-14-11-8-5-2)41-48(45)59-51(56)33-30-27-24-21-18-15-12-9-6-3/h34-41,53H,4-33H2,1-3H3. The van der Waals surface area contributed by atoms with Crippen molar-refractivity contribution in [3.8, 4) is 23.0 Å². The van der Waals surface area contributed by atoms with Gasteiger partial charge in [0.1, 0.15) is 23.0 Å². The van der Waals surface area contributed by atoms with Gasteiger partial charge >= 0.3 is 17.9 Å². The highest BCUT2D eigenvalue weighted by Gasteiger charge is 2.17. The van der Waals surface area contributed by atoms with Gasteiger partial charge in [-0.1, -0.05) is 175 Å². The first-order valence-corrected chi connectivity index (χ1v) is 23.6. The second-order valence-corrected chi connectivity index (χ2v) is 16.2. The Kier molecular flexibility index (Phi) is 29.4. The maximum absolute atomic E-state index is 13.5. The number of unbranched alkanes of at least 4 members (excludes halogenated alkanes) is 24. The SMILES string of the molecule is CCCCCCCCCCCC(=O)Oc1ccc(C=CC(=O)c2ccc(OC(=O)CCCCCCCCCCC)cc2OC(=O)CCCCCCCCCCC)c(O)c1. The molecule has 0 aliphatic rings. The maximum atomic E-state index is 13.5. The molecule has 0 saturated carbocycles. The molecule has 0 heterocycles. The summed E-state index contributed by atoms with van der Waals surface area (Å²) >= 11 is 0. The van der Waals surface area contributed by atoms with Crippen LogP contribution in [0.4, 0.5) is 0 Å². The van der Waals surface area contributed by atoms with Gasteiger partial charge in [0.25, 0.3) is 0 Å². The number of ether oxygens (including phenoxy) is 3. The van der Waals surface area contributed by atoms with Crippen molar-refractivity contribution in [2.75, 3.05) is 0 Å². The Morgan fingerprint density at radius 3 is 1.22 bits per heavy atom. The summed E-state index contributed by atoms with van der Waals surface area (Å²) in [5.41, 5.74) is 0.477. The highest BCUT2D eigenvalue weighted by atomic mass is 16.5. The summed E-state index contributed by atoms with van der Waals surface area (Å²) in [5, 5.41) is 10.7.